The van der Waals surface area contributed by atoms with Gasteiger partial charge in [0.2, 0.25) is 7.37 Å². The van der Waals surface area contributed by atoms with Crippen LogP contribution in [0.15, 0.2) is 0 Å². The lowest BCUT2D eigenvalue weighted by Gasteiger charge is -2.22. The van der Waals surface area contributed by atoms with Crippen molar-refractivity contribution in [3.8, 4) is 0 Å². The van der Waals surface area contributed by atoms with Crippen LogP contribution in [0.25, 0.3) is 0 Å². The Hall–Kier alpha value is -1.07. The molecule has 2 N–H and O–H groups in total. The van der Waals surface area contributed by atoms with Crippen LogP contribution in [0.5, 0.6) is 0 Å². The monoisotopic (exact) mass is 365 g/mol. The van der Waals surface area contributed by atoms with Crippen molar-refractivity contribution in [2.24, 2.45) is 11.8 Å². The van der Waals surface area contributed by atoms with Gasteiger partial charge in [-0.25, -0.2) is 4.79 Å². The van der Waals surface area contributed by atoms with Crippen LogP contribution < -0.4 is 5.32 Å². The number of ether oxygens (including phenoxy) is 2. The highest BCUT2D eigenvalue weighted by Gasteiger charge is 2.24. The third kappa shape index (κ3) is 10.7. The van der Waals surface area contributed by atoms with E-state index in [2.05, 4.69) is 5.32 Å². The molecule has 0 aliphatic rings. The average Bonchev–Trinajstić information content (AvgIpc) is 2.48. The van der Waals surface area contributed by atoms with Gasteiger partial charge in [0, 0.05) is 24.8 Å². The second kappa shape index (κ2) is 11.5. The Labute approximate surface area is 144 Å². The van der Waals surface area contributed by atoms with E-state index in [1.807, 2.05) is 6.92 Å². The number of esters is 1. The van der Waals surface area contributed by atoms with Crippen molar-refractivity contribution in [1.29, 1.82) is 0 Å². The summed E-state index contributed by atoms with van der Waals surface area (Å²) in [7, 11) is -3.10. The Balaban J connectivity index is 4.18. The van der Waals surface area contributed by atoms with Gasteiger partial charge in [-0.1, -0.05) is 41.0 Å². The van der Waals surface area contributed by atoms with Gasteiger partial charge in [0.25, 0.3) is 6.29 Å². The van der Waals surface area contributed by atoms with Crippen molar-refractivity contribution in [3.63, 3.8) is 0 Å². The summed E-state index contributed by atoms with van der Waals surface area (Å²) in [6.07, 6.45) is 0.823. The van der Waals surface area contributed by atoms with Crippen molar-refractivity contribution in [2.45, 2.75) is 60.2 Å². The number of carbonyl (C=O) groups excluding carboxylic acids is 2. The van der Waals surface area contributed by atoms with Crippen LogP contribution >= 0.6 is 7.37 Å². The zero-order chi connectivity index (χ0) is 18.8. The molecular weight excluding hydrogens is 333 g/mol. The van der Waals surface area contributed by atoms with Crippen LogP contribution in [0.1, 0.15) is 53.9 Å². The van der Waals surface area contributed by atoms with Crippen molar-refractivity contribution in [2.75, 3.05) is 18.9 Å². The highest BCUT2D eigenvalue weighted by atomic mass is 31.2. The maximum Gasteiger partial charge on any atom is 0.410 e. The molecule has 142 valence electrons. The summed E-state index contributed by atoms with van der Waals surface area (Å²) in [5.41, 5.74) is 0. The van der Waals surface area contributed by atoms with Gasteiger partial charge >= 0.3 is 12.1 Å². The maximum absolute atomic E-state index is 11.8. The first-order valence-electron chi connectivity index (χ1n) is 8.55. The topological polar surface area (TPSA) is 102 Å². The first kappa shape index (κ1) is 22.9. The molecule has 1 amide bonds. The van der Waals surface area contributed by atoms with E-state index in [0.717, 1.165) is 12.8 Å². The number of hydrogen-bond donors (Lipinski definition) is 2. The minimum absolute atomic E-state index is 0.170. The van der Waals surface area contributed by atoms with Crippen LogP contribution in [-0.4, -0.2) is 42.1 Å². The molecule has 2 atom stereocenters. The van der Waals surface area contributed by atoms with Gasteiger partial charge in [0.05, 0.1) is 5.92 Å². The Morgan fingerprint density at radius 1 is 1.08 bits per heavy atom. The summed E-state index contributed by atoms with van der Waals surface area (Å²) in [5, 5.41) is 2.51. The number of carbonyl (C=O) groups is 2. The fourth-order valence-electron chi connectivity index (χ4n) is 1.73. The fraction of sp³-hybridized carbons (Fsp3) is 0.875. The molecule has 0 saturated heterocycles. The lowest BCUT2D eigenvalue weighted by molar-refractivity contribution is -0.178. The lowest BCUT2D eigenvalue weighted by atomic mass is 10.2. The molecule has 0 aromatic carbocycles. The SMILES string of the molecule is CCCCP(=O)(O)CCCNC(=O)O[C@H](OC(=O)C(C)C)C(C)C. The lowest BCUT2D eigenvalue weighted by Crippen LogP contribution is -2.36. The smallest absolute Gasteiger partial charge is 0.410 e. The largest absolute Gasteiger partial charge is 0.425 e. The molecule has 0 saturated carbocycles. The molecule has 0 aromatic heterocycles. The van der Waals surface area contributed by atoms with E-state index in [9.17, 15) is 19.0 Å². The van der Waals surface area contributed by atoms with E-state index in [0.29, 0.717) is 12.6 Å². The van der Waals surface area contributed by atoms with Crippen molar-refractivity contribution in [3.05, 3.63) is 0 Å². The van der Waals surface area contributed by atoms with E-state index < -0.39 is 25.7 Å². The fourth-order valence-corrected chi connectivity index (χ4v) is 3.41. The third-order valence-electron chi connectivity index (χ3n) is 3.29. The van der Waals surface area contributed by atoms with Crippen molar-refractivity contribution < 1.29 is 28.5 Å². The Bertz CT molecular complexity index is 438. The first-order valence-corrected chi connectivity index (χ1v) is 10.6. The molecule has 0 rings (SSSR count). The van der Waals surface area contributed by atoms with E-state index in [1.54, 1.807) is 27.7 Å². The summed E-state index contributed by atoms with van der Waals surface area (Å²) in [6.45, 7) is 9.16. The molecule has 0 heterocycles. The van der Waals surface area contributed by atoms with Crippen LogP contribution in [0.3, 0.4) is 0 Å². The molecule has 1 unspecified atom stereocenters. The molecule has 0 fully saturated rings. The van der Waals surface area contributed by atoms with E-state index in [1.165, 1.54) is 0 Å². The summed E-state index contributed by atoms with van der Waals surface area (Å²) in [5.74, 6) is -0.913. The Morgan fingerprint density at radius 3 is 2.17 bits per heavy atom. The number of alkyl carbamates (subject to hydrolysis) is 1. The molecule has 8 heteroatoms. The quantitative estimate of drug-likeness (QED) is 0.252. The van der Waals surface area contributed by atoms with E-state index in [-0.39, 0.29) is 24.5 Å². The van der Waals surface area contributed by atoms with E-state index >= 15 is 0 Å². The van der Waals surface area contributed by atoms with Gasteiger partial charge < -0.3 is 19.7 Å². The maximum atomic E-state index is 11.8. The molecule has 0 spiro atoms. The Morgan fingerprint density at radius 2 is 1.67 bits per heavy atom. The molecule has 24 heavy (non-hydrogen) atoms. The third-order valence-corrected chi connectivity index (χ3v) is 5.32. The molecule has 7 nitrogen and oxygen atoms in total. The number of rotatable bonds is 11. The first-order chi connectivity index (χ1) is 11.1. The second-order valence-electron chi connectivity index (χ2n) is 6.54. The molecule has 0 bridgehead atoms. The van der Waals surface area contributed by atoms with Gasteiger partial charge in [0.1, 0.15) is 0 Å². The van der Waals surface area contributed by atoms with Crippen LogP contribution in [0, 0.1) is 11.8 Å². The average molecular weight is 365 g/mol. The number of amides is 1. The predicted molar refractivity (Wildman–Crippen MR) is 93.1 cm³/mol. The number of unbranched alkanes of at least 4 members (excludes halogenated alkanes) is 1. The highest BCUT2D eigenvalue weighted by molar-refractivity contribution is 7.57. The number of hydrogen-bond acceptors (Lipinski definition) is 5. The minimum Gasteiger partial charge on any atom is -0.425 e. The molecule has 0 aliphatic heterocycles. The molecule has 0 aliphatic carbocycles. The summed E-state index contributed by atoms with van der Waals surface area (Å²) in [4.78, 5) is 33.1. The number of nitrogens with one attached hydrogen (secondary N) is 1. The molecule has 0 aromatic rings. The zero-order valence-corrected chi connectivity index (χ0v) is 16.3. The van der Waals surface area contributed by atoms with Gasteiger partial charge in [-0.05, 0) is 12.8 Å². The van der Waals surface area contributed by atoms with Gasteiger partial charge in [0.15, 0.2) is 0 Å². The summed E-state index contributed by atoms with van der Waals surface area (Å²) >= 11 is 0. The van der Waals surface area contributed by atoms with Crippen LogP contribution in [-0.2, 0) is 18.8 Å². The summed E-state index contributed by atoms with van der Waals surface area (Å²) < 4.78 is 22.1. The normalized spacial score (nSPS) is 15.0. The molecular formula is C16H32NO6P. The standard InChI is InChI=1S/C16H32NO6P/c1-6-7-10-24(20,21)11-8-9-17-16(19)23-15(13(4)5)22-14(18)12(2)3/h12-13,15H,6-11H2,1-5H3,(H,17,19)(H,20,21)/t15-/m0/s1. The van der Waals surface area contributed by atoms with Crippen molar-refractivity contribution in [1.82, 2.24) is 5.32 Å². The predicted octanol–water partition coefficient (Wildman–Crippen LogP) is 3.35. The van der Waals surface area contributed by atoms with Gasteiger partial charge in [-0.3, -0.25) is 9.36 Å². The van der Waals surface area contributed by atoms with E-state index in [4.69, 9.17) is 9.47 Å². The van der Waals surface area contributed by atoms with Crippen molar-refractivity contribution >= 4 is 19.4 Å². The highest BCUT2D eigenvalue weighted by Crippen LogP contribution is 2.41. The van der Waals surface area contributed by atoms with Crippen LogP contribution in [0.4, 0.5) is 4.79 Å². The zero-order valence-electron chi connectivity index (χ0n) is 15.4. The second-order valence-corrected chi connectivity index (χ2v) is 9.12. The Kier molecular flexibility index (Phi) is 11.0. The minimum atomic E-state index is -3.10. The van der Waals surface area contributed by atoms with Gasteiger partial charge in [-0.15, -0.1) is 0 Å². The van der Waals surface area contributed by atoms with Crippen LogP contribution in [0.2, 0.25) is 0 Å². The molecule has 0 radical (unpaired) electrons. The van der Waals surface area contributed by atoms with Gasteiger partial charge in [-0.2, -0.15) is 0 Å². The summed E-state index contributed by atoms with van der Waals surface area (Å²) in [6, 6.07) is 0.